The van der Waals surface area contributed by atoms with Gasteiger partial charge < -0.3 is 4.42 Å². The zero-order valence-corrected chi connectivity index (χ0v) is 27.0. The average Bonchev–Trinajstić information content (AvgIpc) is 3.74. The van der Waals surface area contributed by atoms with Crippen molar-refractivity contribution in [3.63, 3.8) is 0 Å². The van der Waals surface area contributed by atoms with Gasteiger partial charge in [0, 0.05) is 27.3 Å². The van der Waals surface area contributed by atoms with Gasteiger partial charge in [0.15, 0.2) is 0 Å². The lowest BCUT2D eigenvalue weighted by molar-refractivity contribution is 0.673. The number of fused-ring (bicyclic) bond motifs is 7. The van der Waals surface area contributed by atoms with Gasteiger partial charge in [-0.2, -0.15) is 0 Å². The Labute approximate surface area is 288 Å². The maximum absolute atomic E-state index is 6.55. The van der Waals surface area contributed by atoms with E-state index >= 15 is 0 Å². The van der Waals surface area contributed by atoms with Gasteiger partial charge in [0.1, 0.15) is 11.2 Å². The van der Waals surface area contributed by atoms with Gasteiger partial charge in [-0.25, -0.2) is 9.97 Å². The van der Waals surface area contributed by atoms with E-state index in [0.29, 0.717) is 5.95 Å². The van der Waals surface area contributed by atoms with Gasteiger partial charge in [0.2, 0.25) is 5.95 Å². The van der Waals surface area contributed by atoms with Crippen LogP contribution >= 0.6 is 0 Å². The van der Waals surface area contributed by atoms with Gasteiger partial charge in [0.05, 0.1) is 27.8 Å². The Morgan fingerprint density at radius 3 is 1.50 bits per heavy atom. The molecular weight excluding hydrogens is 611 g/mol. The molecule has 0 amide bonds. The summed E-state index contributed by atoms with van der Waals surface area (Å²) in [5.41, 5.74) is 12.2. The maximum Gasteiger partial charge on any atom is 0.235 e. The summed E-state index contributed by atoms with van der Waals surface area (Å²) in [5, 5.41) is 4.37. The standard InChI is InChI=1S/C46H29N3O/c1-3-11-30(12-4-1)32-19-23-34(24-20-32)39-29-40(35-25-21-33(22-26-35)31-13-5-2-6-14-31)48-46(47-39)49-41-17-9-7-16-38(41)44-42(49)28-27-37-36-15-8-10-18-43(36)50-45(37)44/h1-29H. The molecule has 234 valence electrons. The third kappa shape index (κ3) is 4.61. The maximum atomic E-state index is 6.55. The molecule has 3 aromatic heterocycles. The van der Waals surface area contributed by atoms with Crippen molar-refractivity contribution < 1.29 is 4.42 Å². The largest absolute Gasteiger partial charge is 0.455 e. The van der Waals surface area contributed by atoms with E-state index in [9.17, 15) is 0 Å². The van der Waals surface area contributed by atoms with Crippen molar-refractivity contribution in [3.05, 3.63) is 176 Å². The van der Waals surface area contributed by atoms with Crippen molar-refractivity contribution in [1.29, 1.82) is 0 Å². The summed E-state index contributed by atoms with van der Waals surface area (Å²) in [5.74, 6) is 0.610. The van der Waals surface area contributed by atoms with Gasteiger partial charge in [-0.05, 0) is 52.6 Å². The predicted molar refractivity (Wildman–Crippen MR) is 205 cm³/mol. The third-order valence-corrected chi connectivity index (χ3v) is 9.67. The summed E-state index contributed by atoms with van der Waals surface area (Å²) in [7, 11) is 0. The van der Waals surface area contributed by atoms with E-state index in [4.69, 9.17) is 14.4 Å². The van der Waals surface area contributed by atoms with Gasteiger partial charge in [-0.1, -0.05) is 146 Å². The molecule has 0 fully saturated rings. The Hall–Kier alpha value is -6.78. The van der Waals surface area contributed by atoms with Gasteiger partial charge in [0.25, 0.3) is 0 Å². The lowest BCUT2D eigenvalue weighted by Crippen LogP contribution is -2.04. The van der Waals surface area contributed by atoms with Crippen molar-refractivity contribution in [2.75, 3.05) is 0 Å². The molecule has 10 rings (SSSR count). The number of hydrogen-bond acceptors (Lipinski definition) is 3. The van der Waals surface area contributed by atoms with Crippen LogP contribution in [0.3, 0.4) is 0 Å². The number of furan rings is 1. The molecule has 50 heavy (non-hydrogen) atoms. The lowest BCUT2D eigenvalue weighted by atomic mass is 10.0. The molecule has 7 aromatic carbocycles. The van der Waals surface area contributed by atoms with Crippen LogP contribution in [0.25, 0.3) is 94.5 Å². The van der Waals surface area contributed by atoms with Crippen LogP contribution in [0.5, 0.6) is 0 Å². The highest BCUT2D eigenvalue weighted by Crippen LogP contribution is 2.40. The van der Waals surface area contributed by atoms with Gasteiger partial charge in [-0.3, -0.25) is 4.57 Å². The zero-order valence-electron chi connectivity index (χ0n) is 27.0. The van der Waals surface area contributed by atoms with E-state index < -0.39 is 0 Å². The lowest BCUT2D eigenvalue weighted by Gasteiger charge is -2.12. The smallest absolute Gasteiger partial charge is 0.235 e. The minimum absolute atomic E-state index is 0.610. The fourth-order valence-corrected chi connectivity index (χ4v) is 7.21. The van der Waals surface area contributed by atoms with E-state index in [0.717, 1.165) is 77.4 Å². The molecule has 3 heterocycles. The monoisotopic (exact) mass is 639 g/mol. The van der Waals surface area contributed by atoms with Crippen molar-refractivity contribution in [3.8, 4) is 50.7 Å². The van der Waals surface area contributed by atoms with E-state index in [1.807, 2.05) is 24.3 Å². The predicted octanol–water partition coefficient (Wildman–Crippen LogP) is 12.1. The number of benzene rings is 7. The number of rotatable bonds is 5. The number of aromatic nitrogens is 3. The van der Waals surface area contributed by atoms with E-state index in [-0.39, 0.29) is 0 Å². The highest BCUT2D eigenvalue weighted by Gasteiger charge is 2.21. The normalized spacial score (nSPS) is 11.6. The molecule has 0 spiro atoms. The third-order valence-electron chi connectivity index (χ3n) is 9.67. The summed E-state index contributed by atoms with van der Waals surface area (Å²) >= 11 is 0. The van der Waals surface area contributed by atoms with Crippen LogP contribution in [0.4, 0.5) is 0 Å². The second-order valence-corrected chi connectivity index (χ2v) is 12.6. The molecule has 0 saturated carbocycles. The van der Waals surface area contributed by atoms with Crippen molar-refractivity contribution in [2.45, 2.75) is 0 Å². The van der Waals surface area contributed by atoms with Gasteiger partial charge >= 0.3 is 0 Å². The molecule has 0 aliphatic heterocycles. The topological polar surface area (TPSA) is 43.9 Å². The van der Waals surface area contributed by atoms with E-state index in [1.54, 1.807) is 0 Å². The molecule has 0 saturated heterocycles. The first-order valence-electron chi connectivity index (χ1n) is 16.8. The summed E-state index contributed by atoms with van der Waals surface area (Å²) in [6.45, 7) is 0. The Bertz CT molecular complexity index is 2730. The van der Waals surface area contributed by atoms with Crippen LogP contribution in [-0.4, -0.2) is 14.5 Å². The second-order valence-electron chi connectivity index (χ2n) is 12.6. The van der Waals surface area contributed by atoms with Crippen molar-refractivity contribution in [2.24, 2.45) is 0 Å². The first kappa shape index (κ1) is 28.3. The van der Waals surface area contributed by atoms with Gasteiger partial charge in [-0.15, -0.1) is 0 Å². The zero-order chi connectivity index (χ0) is 33.0. The minimum Gasteiger partial charge on any atom is -0.455 e. The van der Waals surface area contributed by atoms with Crippen LogP contribution in [0.1, 0.15) is 0 Å². The molecular formula is C46H29N3O. The van der Waals surface area contributed by atoms with Crippen LogP contribution in [0.15, 0.2) is 180 Å². The van der Waals surface area contributed by atoms with Crippen LogP contribution in [-0.2, 0) is 0 Å². The molecule has 10 aromatic rings. The first-order chi connectivity index (χ1) is 24.8. The van der Waals surface area contributed by atoms with Crippen molar-refractivity contribution >= 4 is 43.7 Å². The SMILES string of the molecule is c1ccc(-c2ccc(-c3cc(-c4ccc(-c5ccccc5)cc4)nc(-n4c5ccccc5c5c6oc7ccccc7c6ccc54)n3)cc2)cc1. The molecule has 0 bridgehead atoms. The molecule has 0 aliphatic rings. The molecule has 0 atom stereocenters. The number of hydrogen-bond donors (Lipinski definition) is 0. The summed E-state index contributed by atoms with van der Waals surface area (Å²) in [6, 6.07) is 61.3. The number of nitrogens with zero attached hydrogens (tertiary/aromatic N) is 3. The quantitative estimate of drug-likeness (QED) is 0.188. The average molecular weight is 640 g/mol. The highest BCUT2D eigenvalue weighted by atomic mass is 16.3. The summed E-state index contributed by atoms with van der Waals surface area (Å²) in [6.07, 6.45) is 0. The minimum atomic E-state index is 0.610. The first-order valence-corrected chi connectivity index (χ1v) is 16.8. The number of para-hydroxylation sites is 2. The Morgan fingerprint density at radius 1 is 0.380 bits per heavy atom. The molecule has 4 nitrogen and oxygen atoms in total. The summed E-state index contributed by atoms with van der Waals surface area (Å²) in [4.78, 5) is 10.6. The molecule has 4 heteroatoms. The highest BCUT2D eigenvalue weighted by molar-refractivity contribution is 6.23. The Kier molecular flexibility index (Phi) is 6.46. The van der Waals surface area contributed by atoms with Crippen molar-refractivity contribution in [1.82, 2.24) is 14.5 Å². The van der Waals surface area contributed by atoms with E-state index in [1.165, 1.54) is 11.1 Å². The Morgan fingerprint density at radius 2 is 0.880 bits per heavy atom. The molecule has 0 aliphatic carbocycles. The van der Waals surface area contributed by atoms with Crippen LogP contribution in [0.2, 0.25) is 0 Å². The molecule has 0 N–H and O–H groups in total. The fourth-order valence-electron chi connectivity index (χ4n) is 7.21. The van der Waals surface area contributed by atoms with E-state index in [2.05, 4.69) is 156 Å². The fraction of sp³-hybridized carbons (Fsp3) is 0. The van der Waals surface area contributed by atoms with Crippen LogP contribution < -0.4 is 0 Å². The Balaban J connectivity index is 1.19. The second kappa shape index (κ2) is 11.4. The molecule has 0 radical (unpaired) electrons. The molecule has 0 unspecified atom stereocenters. The van der Waals surface area contributed by atoms with Crippen LogP contribution in [0, 0.1) is 0 Å². The summed E-state index contributed by atoms with van der Waals surface area (Å²) < 4.78 is 8.73.